The topological polar surface area (TPSA) is 57.7 Å². The van der Waals surface area contributed by atoms with Crippen LogP contribution < -0.4 is 0 Å². The Labute approximate surface area is 190 Å². The minimum absolute atomic E-state index is 0.0161. The first kappa shape index (κ1) is 22.9. The van der Waals surface area contributed by atoms with Crippen LogP contribution in [0.1, 0.15) is 60.9 Å². The Morgan fingerprint density at radius 2 is 1.78 bits per heavy atom. The summed E-state index contributed by atoms with van der Waals surface area (Å²) in [6, 6.07) is 12.9. The maximum atomic E-state index is 13.6. The van der Waals surface area contributed by atoms with Crippen molar-refractivity contribution in [2.45, 2.75) is 68.3 Å². The van der Waals surface area contributed by atoms with Gasteiger partial charge < -0.3 is 4.90 Å². The van der Waals surface area contributed by atoms with Crippen LogP contribution in [0.25, 0.3) is 0 Å². The normalized spacial score (nSPS) is 20.1. The lowest BCUT2D eigenvalue weighted by atomic mass is 9.96. The van der Waals surface area contributed by atoms with Gasteiger partial charge in [-0.05, 0) is 68.0 Å². The molecule has 5 nitrogen and oxygen atoms in total. The molecular formula is C25H31FN2O3S. The summed E-state index contributed by atoms with van der Waals surface area (Å²) in [5, 5.41) is 0. The molecule has 2 aromatic carbocycles. The number of rotatable bonds is 6. The van der Waals surface area contributed by atoms with Crippen molar-refractivity contribution in [1.82, 2.24) is 9.21 Å². The van der Waals surface area contributed by atoms with E-state index in [-0.39, 0.29) is 28.7 Å². The second-order valence-corrected chi connectivity index (χ2v) is 11.0. The Morgan fingerprint density at radius 3 is 2.53 bits per heavy atom. The van der Waals surface area contributed by atoms with E-state index < -0.39 is 10.0 Å². The molecule has 2 fully saturated rings. The molecule has 172 valence electrons. The number of amides is 1. The number of halogens is 1. The van der Waals surface area contributed by atoms with Gasteiger partial charge in [-0.1, -0.05) is 37.5 Å². The molecular weight excluding hydrogens is 427 g/mol. The molecule has 1 heterocycles. The summed E-state index contributed by atoms with van der Waals surface area (Å²) in [6.45, 7) is 0.623. The van der Waals surface area contributed by atoms with E-state index in [0.717, 1.165) is 50.5 Å². The van der Waals surface area contributed by atoms with Gasteiger partial charge in [-0.2, -0.15) is 4.31 Å². The van der Waals surface area contributed by atoms with E-state index in [9.17, 15) is 17.6 Å². The minimum atomic E-state index is -3.66. The van der Waals surface area contributed by atoms with Crippen molar-refractivity contribution in [3.05, 3.63) is 65.5 Å². The monoisotopic (exact) mass is 458 g/mol. The Kier molecular flexibility index (Phi) is 6.96. The first-order chi connectivity index (χ1) is 15.4. The Morgan fingerprint density at radius 1 is 1.03 bits per heavy atom. The van der Waals surface area contributed by atoms with Crippen molar-refractivity contribution in [1.29, 1.82) is 0 Å². The standard InChI is InChI=1S/C25H31FN2O3S/c1-27(22-11-3-2-4-12-22)32(30,31)24-14-6-9-20(18-24)25(29)28-15-7-13-23(28)17-19-8-5-10-21(26)16-19/h5-6,8-10,14,16,18,22-23H,2-4,7,11-13,15,17H2,1H3. The molecule has 7 heteroatoms. The van der Waals surface area contributed by atoms with Crippen molar-refractivity contribution in [3.8, 4) is 0 Å². The molecule has 1 saturated heterocycles. The second-order valence-electron chi connectivity index (χ2n) is 8.97. The maximum absolute atomic E-state index is 13.6. The molecule has 1 atom stereocenters. The van der Waals surface area contributed by atoms with Crippen LogP contribution in [0.2, 0.25) is 0 Å². The maximum Gasteiger partial charge on any atom is 0.254 e. The van der Waals surface area contributed by atoms with Crippen LogP contribution in [-0.2, 0) is 16.4 Å². The van der Waals surface area contributed by atoms with Crippen LogP contribution in [0, 0.1) is 5.82 Å². The van der Waals surface area contributed by atoms with E-state index in [0.29, 0.717) is 18.5 Å². The summed E-state index contributed by atoms with van der Waals surface area (Å²) in [5.74, 6) is -0.445. The number of carbonyl (C=O) groups excluding carboxylic acids is 1. The average molecular weight is 459 g/mol. The van der Waals surface area contributed by atoms with Crippen molar-refractivity contribution in [3.63, 3.8) is 0 Å². The van der Waals surface area contributed by atoms with Gasteiger partial charge in [-0.25, -0.2) is 12.8 Å². The number of carbonyl (C=O) groups is 1. The third-order valence-electron chi connectivity index (χ3n) is 6.85. The van der Waals surface area contributed by atoms with Crippen molar-refractivity contribution < 1.29 is 17.6 Å². The highest BCUT2D eigenvalue weighted by atomic mass is 32.2. The molecule has 2 aromatic rings. The Balaban J connectivity index is 1.52. The number of likely N-dealkylation sites (tertiary alicyclic amines) is 1. The van der Waals surface area contributed by atoms with Crippen molar-refractivity contribution >= 4 is 15.9 Å². The molecule has 0 spiro atoms. The fourth-order valence-electron chi connectivity index (χ4n) is 5.01. The number of benzene rings is 2. The summed E-state index contributed by atoms with van der Waals surface area (Å²) in [5.41, 5.74) is 1.24. The van der Waals surface area contributed by atoms with Gasteiger partial charge in [0.15, 0.2) is 0 Å². The van der Waals surface area contributed by atoms with Gasteiger partial charge in [0.25, 0.3) is 5.91 Å². The lowest BCUT2D eigenvalue weighted by molar-refractivity contribution is 0.0736. The molecule has 32 heavy (non-hydrogen) atoms. The first-order valence-electron chi connectivity index (χ1n) is 11.5. The third-order valence-corrected chi connectivity index (χ3v) is 8.75. The van der Waals surface area contributed by atoms with E-state index in [1.807, 2.05) is 11.0 Å². The molecule has 4 rings (SSSR count). The lowest BCUT2D eigenvalue weighted by Gasteiger charge is -2.30. The highest BCUT2D eigenvalue weighted by Gasteiger charge is 2.32. The summed E-state index contributed by atoms with van der Waals surface area (Å²) in [7, 11) is -2.02. The van der Waals surface area contributed by atoms with Crippen LogP contribution in [0.5, 0.6) is 0 Å². The zero-order valence-corrected chi connectivity index (χ0v) is 19.4. The highest BCUT2D eigenvalue weighted by Crippen LogP contribution is 2.28. The Bertz CT molecular complexity index is 1070. The van der Waals surface area contributed by atoms with Gasteiger partial charge in [-0.3, -0.25) is 4.79 Å². The molecule has 0 N–H and O–H groups in total. The van der Waals surface area contributed by atoms with Gasteiger partial charge in [0.2, 0.25) is 10.0 Å². The number of nitrogens with zero attached hydrogens (tertiary/aromatic N) is 2. The van der Waals surface area contributed by atoms with E-state index in [1.165, 1.54) is 22.5 Å². The van der Waals surface area contributed by atoms with Crippen LogP contribution in [0.4, 0.5) is 4.39 Å². The summed E-state index contributed by atoms with van der Waals surface area (Å²) in [4.78, 5) is 15.3. The molecule has 1 unspecified atom stereocenters. The molecule has 0 aromatic heterocycles. The van der Waals surface area contributed by atoms with Crippen LogP contribution >= 0.6 is 0 Å². The van der Waals surface area contributed by atoms with Crippen LogP contribution in [0.15, 0.2) is 53.4 Å². The van der Waals surface area contributed by atoms with E-state index in [4.69, 9.17) is 0 Å². The van der Waals surface area contributed by atoms with Crippen molar-refractivity contribution in [2.75, 3.05) is 13.6 Å². The predicted molar refractivity (Wildman–Crippen MR) is 122 cm³/mol. The van der Waals surface area contributed by atoms with Gasteiger partial charge in [0.1, 0.15) is 5.82 Å². The quantitative estimate of drug-likeness (QED) is 0.634. The molecule has 1 aliphatic heterocycles. The van der Waals surface area contributed by atoms with Crippen LogP contribution in [-0.4, -0.2) is 49.2 Å². The third kappa shape index (κ3) is 4.89. The van der Waals surface area contributed by atoms with Crippen LogP contribution in [0.3, 0.4) is 0 Å². The summed E-state index contributed by atoms with van der Waals surface area (Å²) >= 11 is 0. The zero-order chi connectivity index (χ0) is 22.7. The average Bonchev–Trinajstić information content (AvgIpc) is 3.26. The first-order valence-corrected chi connectivity index (χ1v) is 12.9. The second kappa shape index (κ2) is 9.71. The molecule has 2 aliphatic rings. The van der Waals surface area contributed by atoms with E-state index in [2.05, 4.69) is 0 Å². The largest absolute Gasteiger partial charge is 0.335 e. The Hall–Kier alpha value is -2.25. The van der Waals surface area contributed by atoms with Gasteiger partial charge in [-0.15, -0.1) is 0 Å². The number of sulfonamides is 1. The number of hydrogen-bond donors (Lipinski definition) is 0. The molecule has 1 aliphatic carbocycles. The molecule has 1 amide bonds. The van der Waals surface area contributed by atoms with E-state index >= 15 is 0 Å². The number of hydrogen-bond acceptors (Lipinski definition) is 3. The molecule has 0 radical (unpaired) electrons. The smallest absolute Gasteiger partial charge is 0.254 e. The summed E-state index contributed by atoms with van der Waals surface area (Å²) in [6.07, 6.45) is 7.33. The fraction of sp³-hybridized carbons (Fsp3) is 0.480. The van der Waals surface area contributed by atoms with Gasteiger partial charge in [0.05, 0.1) is 4.90 Å². The van der Waals surface area contributed by atoms with E-state index in [1.54, 1.807) is 31.3 Å². The fourth-order valence-corrected chi connectivity index (χ4v) is 6.48. The molecule has 0 bridgehead atoms. The van der Waals surface area contributed by atoms with Crippen molar-refractivity contribution in [2.24, 2.45) is 0 Å². The highest BCUT2D eigenvalue weighted by molar-refractivity contribution is 7.89. The SMILES string of the molecule is CN(C1CCCCC1)S(=O)(=O)c1cccc(C(=O)N2CCCC2Cc2cccc(F)c2)c1. The van der Waals surface area contributed by atoms with Gasteiger partial charge in [0, 0.05) is 31.2 Å². The minimum Gasteiger partial charge on any atom is -0.335 e. The molecule has 1 saturated carbocycles. The lowest BCUT2D eigenvalue weighted by Crippen LogP contribution is -2.39. The van der Waals surface area contributed by atoms with Gasteiger partial charge >= 0.3 is 0 Å². The summed E-state index contributed by atoms with van der Waals surface area (Å²) < 4.78 is 41.5. The zero-order valence-electron chi connectivity index (χ0n) is 18.5. The predicted octanol–water partition coefficient (Wildman–Crippen LogP) is 4.63.